The Morgan fingerprint density at radius 1 is 1.48 bits per heavy atom. The van der Waals surface area contributed by atoms with Gasteiger partial charge in [-0.15, -0.1) is 0 Å². The predicted molar refractivity (Wildman–Crippen MR) is 87.6 cm³/mol. The second-order valence-electron chi connectivity index (χ2n) is 6.01. The molecule has 2 aliphatic rings. The van der Waals surface area contributed by atoms with E-state index in [0.29, 0.717) is 17.9 Å². The van der Waals surface area contributed by atoms with Gasteiger partial charge in [-0.25, -0.2) is 4.79 Å². The van der Waals surface area contributed by atoms with E-state index in [9.17, 15) is 14.7 Å². The number of carbonyl (C=O) groups is 2. The highest BCUT2D eigenvalue weighted by Gasteiger charge is 2.53. The molecule has 7 heteroatoms. The first-order valence-corrected chi connectivity index (χ1v) is 8.75. The quantitative estimate of drug-likeness (QED) is 0.789. The molecule has 3 amide bonds. The van der Waals surface area contributed by atoms with Crippen molar-refractivity contribution in [2.24, 2.45) is 0 Å². The molecule has 23 heavy (non-hydrogen) atoms. The Kier molecular flexibility index (Phi) is 4.50. The van der Waals surface area contributed by atoms with Gasteiger partial charge in [-0.1, -0.05) is 12.1 Å². The maximum absolute atomic E-state index is 12.5. The molecule has 0 bridgehead atoms. The van der Waals surface area contributed by atoms with Crippen LogP contribution in [0.1, 0.15) is 12.0 Å². The van der Waals surface area contributed by atoms with Gasteiger partial charge < -0.3 is 15.2 Å². The van der Waals surface area contributed by atoms with E-state index in [4.69, 9.17) is 4.74 Å². The molecule has 0 unspecified atom stereocenters. The minimum Gasteiger partial charge on any atom is -0.491 e. The number of ether oxygens (including phenoxy) is 1. The maximum Gasteiger partial charge on any atom is 0.325 e. The summed E-state index contributed by atoms with van der Waals surface area (Å²) in [6, 6.07) is 7.07. The number of benzene rings is 1. The van der Waals surface area contributed by atoms with Crippen LogP contribution in [0.15, 0.2) is 24.3 Å². The Morgan fingerprint density at radius 3 is 3.00 bits per heavy atom. The average molecular weight is 336 g/mol. The van der Waals surface area contributed by atoms with Gasteiger partial charge in [0, 0.05) is 5.75 Å². The van der Waals surface area contributed by atoms with Crippen molar-refractivity contribution in [1.29, 1.82) is 0 Å². The third-order valence-corrected chi connectivity index (χ3v) is 5.28. The average Bonchev–Trinajstić information content (AvgIpc) is 3.07. The van der Waals surface area contributed by atoms with Gasteiger partial charge in [0.25, 0.3) is 5.91 Å². The zero-order valence-corrected chi connectivity index (χ0v) is 13.8. The number of thioether (sulfide) groups is 1. The molecule has 0 aliphatic carbocycles. The fraction of sp³-hybridized carbons (Fsp3) is 0.500. The first kappa shape index (κ1) is 16.1. The Labute approximate surface area is 139 Å². The van der Waals surface area contributed by atoms with Crippen LogP contribution in [0.4, 0.5) is 4.79 Å². The number of β-amino-alcohol motifs (C(OH)–C–C–N with tert-alkyl or cyclic N) is 1. The van der Waals surface area contributed by atoms with Crippen molar-refractivity contribution in [3.8, 4) is 5.75 Å². The van der Waals surface area contributed by atoms with Crippen molar-refractivity contribution >= 4 is 23.7 Å². The summed E-state index contributed by atoms with van der Waals surface area (Å²) in [5.41, 5.74) is 0.297. The summed E-state index contributed by atoms with van der Waals surface area (Å²) in [7, 11) is 0. The Hall–Kier alpha value is -1.73. The highest BCUT2D eigenvalue weighted by molar-refractivity contribution is 7.99. The molecule has 2 heterocycles. The number of urea groups is 1. The van der Waals surface area contributed by atoms with Crippen LogP contribution in [0.3, 0.4) is 0 Å². The van der Waals surface area contributed by atoms with Crippen LogP contribution in [-0.4, -0.2) is 58.2 Å². The van der Waals surface area contributed by atoms with E-state index >= 15 is 0 Å². The second kappa shape index (κ2) is 6.41. The lowest BCUT2D eigenvalue weighted by Crippen LogP contribution is -2.47. The molecule has 3 rings (SSSR count). The summed E-state index contributed by atoms with van der Waals surface area (Å²) in [5.74, 6) is 1.88. The predicted octanol–water partition coefficient (Wildman–Crippen LogP) is 1.16. The molecule has 1 spiro atoms. The first-order chi connectivity index (χ1) is 11.0. The van der Waals surface area contributed by atoms with E-state index in [1.165, 1.54) is 0 Å². The van der Waals surface area contributed by atoms with Gasteiger partial charge in [0.2, 0.25) is 0 Å². The molecular formula is C16H20N2O4S. The molecular weight excluding hydrogens is 316 g/mol. The maximum atomic E-state index is 12.5. The number of hydrogen-bond acceptors (Lipinski definition) is 5. The normalized spacial score (nSPS) is 25.0. The third kappa shape index (κ3) is 3.30. The zero-order valence-electron chi connectivity index (χ0n) is 12.9. The van der Waals surface area contributed by atoms with Crippen molar-refractivity contribution in [2.45, 2.75) is 25.0 Å². The van der Waals surface area contributed by atoms with Crippen LogP contribution in [0.25, 0.3) is 0 Å². The molecule has 124 valence electrons. The number of carbonyl (C=O) groups excluding carboxylic acids is 2. The molecule has 1 aromatic carbocycles. The lowest BCUT2D eigenvalue weighted by Gasteiger charge is -2.21. The Morgan fingerprint density at radius 2 is 2.30 bits per heavy atom. The summed E-state index contributed by atoms with van der Waals surface area (Å²) in [6.07, 6.45) is -0.274. The van der Waals surface area contributed by atoms with Gasteiger partial charge in [-0.3, -0.25) is 9.69 Å². The second-order valence-corrected chi connectivity index (χ2v) is 7.12. The molecule has 0 saturated carbocycles. The van der Waals surface area contributed by atoms with E-state index in [1.54, 1.807) is 17.8 Å². The molecule has 1 aromatic rings. The number of nitrogens with zero attached hydrogens (tertiary/aromatic N) is 1. The summed E-state index contributed by atoms with van der Waals surface area (Å²) < 4.78 is 5.52. The molecule has 2 fully saturated rings. The van der Waals surface area contributed by atoms with Gasteiger partial charge in [-0.05, 0) is 36.8 Å². The van der Waals surface area contributed by atoms with Gasteiger partial charge >= 0.3 is 6.03 Å². The SMILES string of the molecule is Cc1cccc(OC[C@@H](O)CN2C(=O)N[C@]3(CCSC3)C2=O)c1. The highest BCUT2D eigenvalue weighted by Crippen LogP contribution is 2.33. The van der Waals surface area contributed by atoms with E-state index in [-0.39, 0.29) is 19.1 Å². The number of imide groups is 1. The van der Waals surface area contributed by atoms with Crippen LogP contribution in [0, 0.1) is 6.92 Å². The molecule has 2 aliphatic heterocycles. The topological polar surface area (TPSA) is 78.9 Å². The number of aliphatic hydroxyl groups excluding tert-OH is 1. The zero-order chi connectivity index (χ0) is 16.4. The van der Waals surface area contributed by atoms with Crippen LogP contribution in [0.2, 0.25) is 0 Å². The summed E-state index contributed by atoms with van der Waals surface area (Å²) in [4.78, 5) is 25.6. The van der Waals surface area contributed by atoms with Gasteiger partial charge in [0.15, 0.2) is 0 Å². The Bertz CT molecular complexity index is 616. The standard InChI is InChI=1S/C16H20N2O4S/c1-11-3-2-4-13(7-11)22-9-12(19)8-18-14(20)16(17-15(18)21)5-6-23-10-16/h2-4,7,12,19H,5-6,8-10H2,1H3,(H,17,21)/t12-,16-/m0/s1. The van der Waals surface area contributed by atoms with Crippen LogP contribution >= 0.6 is 11.8 Å². The van der Waals surface area contributed by atoms with Crippen LogP contribution in [-0.2, 0) is 4.79 Å². The van der Waals surface area contributed by atoms with E-state index < -0.39 is 17.7 Å². The number of hydrogen-bond donors (Lipinski definition) is 2. The fourth-order valence-corrected chi connectivity index (χ4v) is 4.16. The number of aliphatic hydroxyl groups is 1. The molecule has 0 aromatic heterocycles. The lowest BCUT2D eigenvalue weighted by molar-refractivity contribution is -0.131. The van der Waals surface area contributed by atoms with E-state index in [2.05, 4.69) is 5.32 Å². The van der Waals surface area contributed by atoms with Crippen molar-refractivity contribution in [3.05, 3.63) is 29.8 Å². The Balaban J connectivity index is 1.56. The largest absolute Gasteiger partial charge is 0.491 e. The lowest BCUT2D eigenvalue weighted by atomic mass is 9.99. The fourth-order valence-electron chi connectivity index (χ4n) is 2.84. The van der Waals surface area contributed by atoms with Gasteiger partial charge in [0.05, 0.1) is 6.54 Å². The van der Waals surface area contributed by atoms with Gasteiger partial charge in [0.1, 0.15) is 24.0 Å². The van der Waals surface area contributed by atoms with Crippen LogP contribution < -0.4 is 10.1 Å². The van der Waals surface area contributed by atoms with Crippen LogP contribution in [0.5, 0.6) is 5.75 Å². The van der Waals surface area contributed by atoms with Crippen molar-refractivity contribution < 1.29 is 19.4 Å². The van der Waals surface area contributed by atoms with E-state index in [1.807, 2.05) is 25.1 Å². The number of nitrogens with one attached hydrogen (secondary N) is 1. The van der Waals surface area contributed by atoms with Crippen molar-refractivity contribution in [3.63, 3.8) is 0 Å². The first-order valence-electron chi connectivity index (χ1n) is 7.60. The smallest absolute Gasteiger partial charge is 0.325 e. The van der Waals surface area contributed by atoms with Crippen molar-refractivity contribution in [1.82, 2.24) is 10.2 Å². The van der Waals surface area contributed by atoms with Gasteiger partial charge in [-0.2, -0.15) is 11.8 Å². The van der Waals surface area contributed by atoms with Crippen molar-refractivity contribution in [2.75, 3.05) is 24.7 Å². The summed E-state index contributed by atoms with van der Waals surface area (Å²) in [5, 5.41) is 12.9. The molecule has 0 radical (unpaired) electrons. The number of amides is 3. The number of rotatable bonds is 5. The molecule has 6 nitrogen and oxygen atoms in total. The monoisotopic (exact) mass is 336 g/mol. The highest BCUT2D eigenvalue weighted by atomic mass is 32.2. The summed E-state index contributed by atoms with van der Waals surface area (Å²) >= 11 is 1.66. The molecule has 2 N–H and O–H groups in total. The number of aryl methyl sites for hydroxylation is 1. The molecule has 2 saturated heterocycles. The molecule has 2 atom stereocenters. The van der Waals surface area contributed by atoms with E-state index in [0.717, 1.165) is 16.2 Å². The summed E-state index contributed by atoms with van der Waals surface area (Å²) in [6.45, 7) is 1.93. The minimum atomic E-state index is -0.922. The minimum absolute atomic E-state index is 0.0300. The third-order valence-electron chi connectivity index (χ3n) is 4.09.